The molecule has 3 heteroatoms. The second-order valence-corrected chi connectivity index (χ2v) is 2.81. The van der Waals surface area contributed by atoms with Crippen LogP contribution in [0.1, 0.15) is 26.7 Å². The van der Waals surface area contributed by atoms with Crippen LogP contribution >= 0.6 is 0 Å². The molecule has 0 aliphatic rings. The first-order valence-corrected chi connectivity index (χ1v) is 3.82. The van der Waals surface area contributed by atoms with Crippen molar-refractivity contribution in [3.05, 3.63) is 12.2 Å². The lowest BCUT2D eigenvalue weighted by Crippen LogP contribution is -2.09. The molecule has 0 aromatic heterocycles. The van der Waals surface area contributed by atoms with Crippen molar-refractivity contribution in [1.82, 2.24) is 0 Å². The van der Waals surface area contributed by atoms with Crippen LogP contribution in [-0.4, -0.2) is 18.4 Å². The van der Waals surface area contributed by atoms with Gasteiger partial charge in [0.05, 0.1) is 6.61 Å². The Morgan fingerprint density at radius 2 is 1.92 bits per heavy atom. The number of rotatable bonds is 5. The van der Waals surface area contributed by atoms with Crippen LogP contribution in [0.4, 0.5) is 0 Å². The minimum absolute atomic E-state index is 0.129. The molecule has 0 radical (unpaired) electrons. The Bertz CT molecular complexity index is 194. The summed E-state index contributed by atoms with van der Waals surface area (Å²) in [6.07, 6.45) is 0.528. The van der Waals surface area contributed by atoms with E-state index in [1.165, 1.54) is 6.92 Å². The lowest BCUT2D eigenvalue weighted by atomic mass is 10.2. The SMILES string of the molecule is C=C(C)CCOC(=O)CC(C)=O. The maximum absolute atomic E-state index is 10.8. The van der Waals surface area contributed by atoms with Gasteiger partial charge in [-0.05, 0) is 13.8 Å². The number of ether oxygens (including phenoxy) is 1. The Hall–Kier alpha value is -1.12. The third-order valence-corrected chi connectivity index (χ3v) is 1.19. The van der Waals surface area contributed by atoms with Crippen molar-refractivity contribution in [3.63, 3.8) is 0 Å². The van der Waals surface area contributed by atoms with E-state index < -0.39 is 5.97 Å². The molecule has 0 saturated carbocycles. The molecule has 0 spiro atoms. The maximum atomic E-state index is 10.8. The smallest absolute Gasteiger partial charge is 0.313 e. The Labute approximate surface area is 72.4 Å². The molecule has 0 aliphatic heterocycles. The molecule has 0 unspecified atom stereocenters. The van der Waals surface area contributed by atoms with Crippen LogP contribution in [0.5, 0.6) is 0 Å². The van der Waals surface area contributed by atoms with E-state index in [9.17, 15) is 9.59 Å². The average Bonchev–Trinajstić information content (AvgIpc) is 1.84. The number of carbonyl (C=O) groups excluding carboxylic acids is 2. The molecule has 0 amide bonds. The van der Waals surface area contributed by atoms with Gasteiger partial charge in [-0.25, -0.2) is 0 Å². The number of Topliss-reactive ketones (excluding diaryl/α,β-unsaturated/α-hetero) is 1. The number of esters is 1. The quantitative estimate of drug-likeness (QED) is 0.356. The van der Waals surface area contributed by atoms with E-state index in [-0.39, 0.29) is 12.2 Å². The van der Waals surface area contributed by atoms with Crippen molar-refractivity contribution in [2.45, 2.75) is 26.7 Å². The van der Waals surface area contributed by atoms with Crippen LogP contribution in [0.25, 0.3) is 0 Å². The van der Waals surface area contributed by atoms with Crippen molar-refractivity contribution in [3.8, 4) is 0 Å². The standard InChI is InChI=1S/C9H14O3/c1-7(2)4-5-12-9(11)6-8(3)10/h1,4-6H2,2-3H3. The minimum atomic E-state index is -0.455. The van der Waals surface area contributed by atoms with Gasteiger partial charge in [0.1, 0.15) is 12.2 Å². The molecule has 0 aromatic rings. The van der Waals surface area contributed by atoms with Gasteiger partial charge in [0.15, 0.2) is 0 Å². The minimum Gasteiger partial charge on any atom is -0.465 e. The molecule has 0 aromatic carbocycles. The predicted octanol–water partition coefficient (Wildman–Crippen LogP) is 1.47. The first-order chi connectivity index (χ1) is 5.52. The normalized spacial score (nSPS) is 9.17. The highest BCUT2D eigenvalue weighted by Crippen LogP contribution is 1.96. The molecule has 0 fully saturated rings. The molecule has 3 nitrogen and oxygen atoms in total. The summed E-state index contributed by atoms with van der Waals surface area (Å²) in [6.45, 7) is 7.20. The summed E-state index contributed by atoms with van der Waals surface area (Å²) in [5.41, 5.74) is 0.964. The summed E-state index contributed by atoms with van der Waals surface area (Å²) in [5.74, 6) is -0.626. The summed E-state index contributed by atoms with van der Waals surface area (Å²) in [4.78, 5) is 21.2. The topological polar surface area (TPSA) is 43.4 Å². The van der Waals surface area contributed by atoms with E-state index in [0.29, 0.717) is 13.0 Å². The summed E-state index contributed by atoms with van der Waals surface area (Å²) < 4.78 is 4.74. The Balaban J connectivity index is 3.44. The van der Waals surface area contributed by atoms with Crippen LogP contribution < -0.4 is 0 Å². The van der Waals surface area contributed by atoms with Crippen LogP contribution in [0.3, 0.4) is 0 Å². The monoisotopic (exact) mass is 170 g/mol. The molecule has 12 heavy (non-hydrogen) atoms. The van der Waals surface area contributed by atoms with Crippen molar-refractivity contribution in [2.75, 3.05) is 6.61 Å². The van der Waals surface area contributed by atoms with E-state index >= 15 is 0 Å². The zero-order valence-electron chi connectivity index (χ0n) is 7.55. The summed E-state index contributed by atoms with van der Waals surface area (Å²) in [7, 11) is 0. The third-order valence-electron chi connectivity index (χ3n) is 1.19. The zero-order valence-corrected chi connectivity index (χ0v) is 7.55. The van der Waals surface area contributed by atoms with E-state index in [1.807, 2.05) is 6.92 Å². The van der Waals surface area contributed by atoms with Gasteiger partial charge in [-0.1, -0.05) is 5.57 Å². The summed E-state index contributed by atoms with van der Waals surface area (Å²) >= 11 is 0. The largest absolute Gasteiger partial charge is 0.465 e. The van der Waals surface area contributed by atoms with Crippen LogP contribution in [0.2, 0.25) is 0 Å². The molecular formula is C9H14O3. The van der Waals surface area contributed by atoms with Crippen molar-refractivity contribution >= 4 is 11.8 Å². The number of hydrogen-bond donors (Lipinski definition) is 0. The van der Waals surface area contributed by atoms with E-state index in [1.54, 1.807) is 0 Å². The summed E-state index contributed by atoms with van der Waals surface area (Å²) in [6, 6.07) is 0. The van der Waals surface area contributed by atoms with Crippen LogP contribution in [-0.2, 0) is 14.3 Å². The number of hydrogen-bond acceptors (Lipinski definition) is 3. The molecular weight excluding hydrogens is 156 g/mol. The van der Waals surface area contributed by atoms with E-state index in [0.717, 1.165) is 5.57 Å². The van der Waals surface area contributed by atoms with E-state index in [2.05, 4.69) is 6.58 Å². The molecule has 0 atom stereocenters. The molecule has 68 valence electrons. The van der Waals surface area contributed by atoms with Gasteiger partial charge in [-0.15, -0.1) is 6.58 Å². The first-order valence-electron chi connectivity index (χ1n) is 3.82. The highest BCUT2D eigenvalue weighted by molar-refractivity contribution is 5.94. The fourth-order valence-electron chi connectivity index (χ4n) is 0.593. The van der Waals surface area contributed by atoms with Gasteiger partial charge in [-0.2, -0.15) is 0 Å². The van der Waals surface area contributed by atoms with Crippen molar-refractivity contribution in [1.29, 1.82) is 0 Å². The second-order valence-electron chi connectivity index (χ2n) is 2.81. The van der Waals surface area contributed by atoms with Gasteiger partial charge in [0.25, 0.3) is 0 Å². The Kier molecular flexibility index (Phi) is 5.00. The third kappa shape index (κ3) is 6.99. The molecule has 0 N–H and O–H groups in total. The highest BCUT2D eigenvalue weighted by Gasteiger charge is 2.05. The number of carbonyl (C=O) groups is 2. The van der Waals surface area contributed by atoms with Gasteiger partial charge < -0.3 is 4.74 Å². The maximum Gasteiger partial charge on any atom is 0.313 e. The van der Waals surface area contributed by atoms with E-state index in [4.69, 9.17) is 4.74 Å². The summed E-state index contributed by atoms with van der Waals surface area (Å²) in [5, 5.41) is 0. The van der Waals surface area contributed by atoms with Gasteiger partial charge in [-0.3, -0.25) is 9.59 Å². The van der Waals surface area contributed by atoms with Gasteiger partial charge in [0, 0.05) is 6.42 Å². The number of ketones is 1. The van der Waals surface area contributed by atoms with Crippen molar-refractivity contribution in [2.24, 2.45) is 0 Å². The molecule has 0 bridgehead atoms. The lowest BCUT2D eigenvalue weighted by molar-refractivity contribution is -0.145. The predicted molar refractivity (Wildman–Crippen MR) is 45.7 cm³/mol. The molecule has 0 heterocycles. The van der Waals surface area contributed by atoms with Crippen LogP contribution in [0.15, 0.2) is 12.2 Å². The average molecular weight is 170 g/mol. The lowest BCUT2D eigenvalue weighted by Gasteiger charge is -2.02. The van der Waals surface area contributed by atoms with Crippen LogP contribution in [0, 0.1) is 0 Å². The first kappa shape index (κ1) is 10.9. The van der Waals surface area contributed by atoms with Gasteiger partial charge in [0.2, 0.25) is 0 Å². The Morgan fingerprint density at radius 1 is 1.33 bits per heavy atom. The second kappa shape index (κ2) is 5.52. The highest BCUT2D eigenvalue weighted by atomic mass is 16.5. The molecule has 0 saturated heterocycles. The molecule has 0 rings (SSSR count). The Morgan fingerprint density at radius 3 is 2.33 bits per heavy atom. The van der Waals surface area contributed by atoms with Crippen molar-refractivity contribution < 1.29 is 14.3 Å². The molecule has 0 aliphatic carbocycles. The van der Waals surface area contributed by atoms with Gasteiger partial charge >= 0.3 is 5.97 Å². The zero-order chi connectivity index (χ0) is 9.56. The fraction of sp³-hybridized carbons (Fsp3) is 0.556. The fourth-order valence-corrected chi connectivity index (χ4v) is 0.593.